The van der Waals surface area contributed by atoms with E-state index in [2.05, 4.69) is 0 Å². The molecule has 2 unspecified atom stereocenters. The number of hydrogen-bond acceptors (Lipinski definition) is 2. The Balaban J connectivity index is 1.56. The Labute approximate surface area is 90.5 Å². The van der Waals surface area contributed by atoms with Gasteiger partial charge in [-0.1, -0.05) is 13.3 Å². The number of nitrogens with zero attached hydrogens (tertiary/aromatic N) is 1. The average molecular weight is 209 g/mol. The molecule has 2 aliphatic carbocycles. The second-order valence-electron chi connectivity index (χ2n) is 5.56. The van der Waals surface area contributed by atoms with Gasteiger partial charge in [0.1, 0.15) is 0 Å². The fraction of sp³-hybridized carbons (Fsp3) is 0.917. The fourth-order valence-corrected chi connectivity index (χ4v) is 3.44. The smallest absolute Gasteiger partial charge is 0.226 e. The molecule has 3 rings (SSSR count). The van der Waals surface area contributed by atoms with Crippen LogP contribution in [0, 0.1) is 17.8 Å². The topological polar surface area (TPSA) is 40.5 Å². The number of fused-ring (bicyclic) bond motifs is 1. The lowest BCUT2D eigenvalue weighted by Crippen LogP contribution is -2.63. The molecule has 3 heteroatoms. The molecule has 0 bridgehead atoms. The molecule has 1 N–H and O–H groups in total. The zero-order valence-corrected chi connectivity index (χ0v) is 9.28. The van der Waals surface area contributed by atoms with Crippen LogP contribution in [0.5, 0.6) is 0 Å². The first kappa shape index (κ1) is 9.64. The molecule has 0 spiro atoms. The second kappa shape index (κ2) is 2.97. The molecule has 0 radical (unpaired) electrons. The van der Waals surface area contributed by atoms with Crippen LogP contribution in [0.1, 0.15) is 32.6 Å². The van der Waals surface area contributed by atoms with Crippen LogP contribution in [0.2, 0.25) is 0 Å². The highest BCUT2D eigenvalue weighted by Crippen LogP contribution is 2.58. The summed E-state index contributed by atoms with van der Waals surface area (Å²) in [7, 11) is 0. The summed E-state index contributed by atoms with van der Waals surface area (Å²) in [5.74, 6) is 2.06. The van der Waals surface area contributed by atoms with Crippen LogP contribution in [0.15, 0.2) is 0 Å². The van der Waals surface area contributed by atoms with Crippen molar-refractivity contribution in [3.05, 3.63) is 0 Å². The van der Waals surface area contributed by atoms with Crippen LogP contribution in [-0.2, 0) is 4.79 Å². The van der Waals surface area contributed by atoms with Gasteiger partial charge in [-0.25, -0.2) is 0 Å². The summed E-state index contributed by atoms with van der Waals surface area (Å²) < 4.78 is 0. The summed E-state index contributed by atoms with van der Waals surface area (Å²) in [6, 6.07) is 0. The third kappa shape index (κ3) is 1.32. The molecule has 0 aromatic heterocycles. The van der Waals surface area contributed by atoms with E-state index < -0.39 is 5.60 Å². The molecule has 2 saturated carbocycles. The maximum absolute atomic E-state index is 12.0. The number of likely N-dealkylation sites (tertiary alicyclic amines) is 1. The lowest BCUT2D eigenvalue weighted by Gasteiger charge is -2.46. The van der Waals surface area contributed by atoms with Gasteiger partial charge in [0.15, 0.2) is 0 Å². The van der Waals surface area contributed by atoms with Crippen molar-refractivity contribution >= 4 is 5.91 Å². The van der Waals surface area contributed by atoms with Gasteiger partial charge in [-0.05, 0) is 31.1 Å². The van der Waals surface area contributed by atoms with E-state index in [0.717, 1.165) is 6.42 Å². The van der Waals surface area contributed by atoms with E-state index in [1.165, 1.54) is 19.3 Å². The zero-order valence-electron chi connectivity index (χ0n) is 9.28. The molecule has 1 aliphatic heterocycles. The largest absolute Gasteiger partial charge is 0.386 e. The first-order valence-corrected chi connectivity index (χ1v) is 6.16. The van der Waals surface area contributed by atoms with Gasteiger partial charge in [-0.2, -0.15) is 0 Å². The minimum atomic E-state index is -0.570. The number of hydrogen-bond donors (Lipinski definition) is 1. The molecule has 1 amide bonds. The third-order valence-electron chi connectivity index (χ3n) is 4.63. The Kier molecular flexibility index (Phi) is 1.91. The summed E-state index contributed by atoms with van der Waals surface area (Å²) in [6.07, 6.45) is 4.59. The standard InChI is InChI=1S/C12H19NO2/c1-2-12(15)6-13(7-12)11(14)10-8-4-3-5-9(8)10/h8-10,15H,2-7H2,1H3. The lowest BCUT2D eigenvalue weighted by molar-refractivity contribution is -0.157. The van der Waals surface area contributed by atoms with Crippen molar-refractivity contribution in [2.75, 3.05) is 13.1 Å². The van der Waals surface area contributed by atoms with E-state index in [4.69, 9.17) is 0 Å². The van der Waals surface area contributed by atoms with Crippen molar-refractivity contribution < 1.29 is 9.90 Å². The lowest BCUT2D eigenvalue weighted by atomic mass is 9.90. The maximum atomic E-state index is 12.0. The van der Waals surface area contributed by atoms with Gasteiger partial charge < -0.3 is 10.0 Å². The van der Waals surface area contributed by atoms with Crippen molar-refractivity contribution in [3.8, 4) is 0 Å². The van der Waals surface area contributed by atoms with E-state index in [-0.39, 0.29) is 0 Å². The van der Waals surface area contributed by atoms with Crippen LogP contribution in [0.3, 0.4) is 0 Å². The Morgan fingerprint density at radius 2 is 2.00 bits per heavy atom. The molecular formula is C12H19NO2. The van der Waals surface area contributed by atoms with Gasteiger partial charge in [0.05, 0.1) is 18.7 Å². The summed E-state index contributed by atoms with van der Waals surface area (Å²) >= 11 is 0. The molecule has 3 aliphatic rings. The van der Waals surface area contributed by atoms with E-state index in [9.17, 15) is 9.90 Å². The second-order valence-corrected chi connectivity index (χ2v) is 5.56. The molecule has 1 heterocycles. The van der Waals surface area contributed by atoms with E-state index in [1.54, 1.807) is 0 Å². The van der Waals surface area contributed by atoms with Crippen molar-refractivity contribution in [2.45, 2.75) is 38.2 Å². The highest BCUT2D eigenvalue weighted by atomic mass is 16.3. The molecular weight excluding hydrogens is 190 g/mol. The van der Waals surface area contributed by atoms with Crippen LogP contribution < -0.4 is 0 Å². The molecule has 0 aromatic rings. The number of rotatable bonds is 2. The molecule has 1 saturated heterocycles. The number of amides is 1. The predicted molar refractivity (Wildman–Crippen MR) is 56.1 cm³/mol. The van der Waals surface area contributed by atoms with E-state index in [1.807, 2.05) is 11.8 Å². The van der Waals surface area contributed by atoms with Gasteiger partial charge in [0.2, 0.25) is 5.91 Å². The molecule has 3 nitrogen and oxygen atoms in total. The van der Waals surface area contributed by atoms with Crippen LogP contribution in [-0.4, -0.2) is 34.6 Å². The van der Waals surface area contributed by atoms with Crippen LogP contribution >= 0.6 is 0 Å². The third-order valence-corrected chi connectivity index (χ3v) is 4.63. The Hall–Kier alpha value is -0.570. The zero-order chi connectivity index (χ0) is 10.6. The molecule has 84 valence electrons. The van der Waals surface area contributed by atoms with Gasteiger partial charge >= 0.3 is 0 Å². The summed E-state index contributed by atoms with van der Waals surface area (Å²) in [6.45, 7) is 3.12. The molecule has 15 heavy (non-hydrogen) atoms. The monoisotopic (exact) mass is 209 g/mol. The Bertz CT molecular complexity index is 286. The average Bonchev–Trinajstić information content (AvgIpc) is 2.66. The Morgan fingerprint density at radius 3 is 2.53 bits per heavy atom. The maximum Gasteiger partial charge on any atom is 0.226 e. The van der Waals surface area contributed by atoms with Gasteiger partial charge in [-0.15, -0.1) is 0 Å². The van der Waals surface area contributed by atoms with E-state index in [0.29, 0.717) is 36.8 Å². The number of carbonyl (C=O) groups excluding carboxylic acids is 1. The summed E-state index contributed by atoms with van der Waals surface area (Å²) in [5, 5.41) is 9.85. The van der Waals surface area contributed by atoms with E-state index >= 15 is 0 Å². The van der Waals surface area contributed by atoms with Crippen molar-refractivity contribution in [2.24, 2.45) is 17.8 Å². The highest BCUT2D eigenvalue weighted by Gasteiger charge is 2.59. The van der Waals surface area contributed by atoms with Crippen molar-refractivity contribution in [1.82, 2.24) is 4.90 Å². The highest BCUT2D eigenvalue weighted by molar-refractivity contribution is 5.83. The van der Waals surface area contributed by atoms with Crippen molar-refractivity contribution in [1.29, 1.82) is 0 Å². The van der Waals surface area contributed by atoms with Gasteiger partial charge in [0, 0.05) is 5.92 Å². The number of carbonyl (C=O) groups is 1. The minimum Gasteiger partial charge on any atom is -0.386 e. The number of aliphatic hydroxyl groups is 1. The molecule has 0 aromatic carbocycles. The molecule has 3 fully saturated rings. The minimum absolute atomic E-state index is 0.322. The van der Waals surface area contributed by atoms with Gasteiger partial charge in [0.25, 0.3) is 0 Å². The predicted octanol–water partition coefficient (Wildman–Crippen LogP) is 1.02. The SMILES string of the molecule is CCC1(O)CN(C(=O)C2C3CCCC32)C1. The summed E-state index contributed by atoms with van der Waals surface area (Å²) in [4.78, 5) is 13.9. The van der Waals surface area contributed by atoms with Crippen LogP contribution in [0.4, 0.5) is 0 Å². The van der Waals surface area contributed by atoms with Crippen molar-refractivity contribution in [3.63, 3.8) is 0 Å². The fourth-order valence-electron chi connectivity index (χ4n) is 3.44. The molecule has 2 atom stereocenters. The van der Waals surface area contributed by atoms with Crippen LogP contribution in [0.25, 0.3) is 0 Å². The first-order chi connectivity index (χ1) is 7.14. The number of β-amino-alcohol motifs (C(OH)–C–C–N with tert-alkyl or cyclic N) is 1. The Morgan fingerprint density at radius 1 is 1.40 bits per heavy atom. The summed E-state index contributed by atoms with van der Waals surface area (Å²) in [5.41, 5.74) is -0.570. The quantitative estimate of drug-likeness (QED) is 0.737. The normalized spacial score (nSPS) is 40.9. The van der Waals surface area contributed by atoms with Gasteiger partial charge in [-0.3, -0.25) is 4.79 Å². The first-order valence-electron chi connectivity index (χ1n) is 6.16.